The van der Waals surface area contributed by atoms with Crippen molar-refractivity contribution in [2.75, 3.05) is 26.1 Å². The van der Waals surface area contributed by atoms with Gasteiger partial charge in [-0.25, -0.2) is 5.43 Å². The third-order valence-corrected chi connectivity index (χ3v) is 3.73. The first kappa shape index (κ1) is 21.0. The number of rotatable bonds is 7. The average Bonchev–Trinajstić information content (AvgIpc) is 2.69. The third kappa shape index (κ3) is 5.62. The van der Waals surface area contributed by atoms with Gasteiger partial charge in [-0.15, -0.1) is 0 Å². The topological polar surface area (TPSA) is 98.2 Å². The number of ether oxygens (including phenoxy) is 3. The fourth-order valence-electron chi connectivity index (χ4n) is 2.20. The van der Waals surface area contributed by atoms with Crippen LogP contribution in [0, 0.1) is 0 Å². The Bertz CT molecular complexity index is 886. The number of nitrogens with one attached hydrogen (secondary N) is 2. The van der Waals surface area contributed by atoms with Crippen LogP contribution in [-0.4, -0.2) is 38.9 Å². The van der Waals surface area contributed by atoms with Gasteiger partial charge in [0.2, 0.25) is 0 Å². The van der Waals surface area contributed by atoms with Crippen molar-refractivity contribution in [1.29, 1.82) is 0 Å². The number of hydrazone groups is 1. The van der Waals surface area contributed by atoms with Gasteiger partial charge in [-0.05, 0) is 36.8 Å². The van der Waals surface area contributed by atoms with Crippen LogP contribution in [0.2, 0.25) is 5.02 Å². The number of amides is 2. The molecule has 2 rings (SSSR count). The summed E-state index contributed by atoms with van der Waals surface area (Å²) in [4.78, 5) is 23.8. The molecule has 8 nitrogen and oxygen atoms in total. The molecule has 0 radical (unpaired) electrons. The first-order valence-corrected chi connectivity index (χ1v) is 8.65. The number of benzene rings is 2. The minimum atomic E-state index is -0.928. The molecule has 2 aromatic rings. The van der Waals surface area contributed by atoms with E-state index in [-0.39, 0.29) is 0 Å². The number of methoxy groups -OCH3 is 2. The van der Waals surface area contributed by atoms with Crippen molar-refractivity contribution < 1.29 is 23.8 Å². The maximum atomic E-state index is 11.9. The fraction of sp³-hybridized carbons (Fsp3) is 0.211. The molecule has 2 N–H and O–H groups in total. The molecule has 2 amide bonds. The van der Waals surface area contributed by atoms with Gasteiger partial charge < -0.3 is 19.5 Å². The van der Waals surface area contributed by atoms with Gasteiger partial charge in [0, 0.05) is 11.8 Å². The monoisotopic (exact) mass is 405 g/mol. The summed E-state index contributed by atoms with van der Waals surface area (Å²) in [5, 5.41) is 6.55. The highest BCUT2D eigenvalue weighted by atomic mass is 35.5. The van der Waals surface area contributed by atoms with Crippen molar-refractivity contribution in [3.8, 4) is 17.2 Å². The first-order valence-electron chi connectivity index (χ1n) is 8.27. The molecule has 0 saturated heterocycles. The smallest absolute Gasteiger partial charge is 0.329 e. The molecule has 0 aliphatic rings. The summed E-state index contributed by atoms with van der Waals surface area (Å²) in [6, 6.07) is 9.86. The number of nitrogens with zero attached hydrogens (tertiary/aromatic N) is 1. The standard InChI is InChI=1S/C19H20ClN3O5/c1-4-28-17-15(20)8-12(9-16(17)27-3)11-21-23-19(25)18(24)22-13-6-5-7-14(10-13)26-2/h5-11H,4H2,1-3H3,(H,22,24)(H,23,25)/b21-11-. The molecule has 148 valence electrons. The van der Waals surface area contributed by atoms with E-state index in [2.05, 4.69) is 15.8 Å². The fourth-order valence-corrected chi connectivity index (χ4v) is 2.48. The maximum absolute atomic E-state index is 11.9. The van der Waals surface area contributed by atoms with Crippen molar-refractivity contribution in [1.82, 2.24) is 5.43 Å². The Morgan fingerprint density at radius 1 is 1.14 bits per heavy atom. The Kier molecular flexibility index (Phi) is 7.65. The zero-order valence-electron chi connectivity index (χ0n) is 15.6. The van der Waals surface area contributed by atoms with Crippen LogP contribution in [0.1, 0.15) is 12.5 Å². The second-order valence-electron chi connectivity index (χ2n) is 5.35. The lowest BCUT2D eigenvalue weighted by atomic mass is 10.2. The van der Waals surface area contributed by atoms with E-state index in [9.17, 15) is 9.59 Å². The summed E-state index contributed by atoms with van der Waals surface area (Å²) in [6.07, 6.45) is 1.33. The molecule has 9 heteroatoms. The van der Waals surface area contributed by atoms with E-state index in [1.807, 2.05) is 6.92 Å². The van der Waals surface area contributed by atoms with Crippen LogP contribution >= 0.6 is 11.6 Å². The van der Waals surface area contributed by atoms with E-state index >= 15 is 0 Å². The van der Waals surface area contributed by atoms with Crippen LogP contribution < -0.4 is 25.0 Å². The number of hydrogen-bond acceptors (Lipinski definition) is 6. The summed E-state index contributed by atoms with van der Waals surface area (Å²) in [6.45, 7) is 2.26. The van der Waals surface area contributed by atoms with Crippen LogP contribution in [0.25, 0.3) is 0 Å². The zero-order valence-corrected chi connectivity index (χ0v) is 16.4. The average molecular weight is 406 g/mol. The van der Waals surface area contributed by atoms with Crippen molar-refractivity contribution in [3.05, 3.63) is 47.0 Å². The molecule has 0 unspecified atom stereocenters. The summed E-state index contributed by atoms with van der Waals surface area (Å²) in [7, 11) is 2.99. The molecule has 0 heterocycles. The minimum Gasteiger partial charge on any atom is -0.497 e. The number of carbonyl (C=O) groups excluding carboxylic acids is 2. The van der Waals surface area contributed by atoms with Gasteiger partial charge in [-0.1, -0.05) is 17.7 Å². The van der Waals surface area contributed by atoms with Crippen molar-refractivity contribution in [2.45, 2.75) is 6.92 Å². The van der Waals surface area contributed by atoms with Gasteiger partial charge in [0.1, 0.15) is 5.75 Å². The van der Waals surface area contributed by atoms with E-state index < -0.39 is 11.8 Å². The molecule has 0 spiro atoms. The van der Waals surface area contributed by atoms with Crippen molar-refractivity contribution >= 4 is 35.3 Å². The van der Waals surface area contributed by atoms with Gasteiger partial charge in [0.15, 0.2) is 11.5 Å². The molecule has 28 heavy (non-hydrogen) atoms. The van der Waals surface area contributed by atoms with E-state index in [1.54, 1.807) is 36.4 Å². The van der Waals surface area contributed by atoms with Crippen molar-refractivity contribution in [2.24, 2.45) is 5.10 Å². The Morgan fingerprint density at radius 2 is 1.93 bits per heavy atom. The highest BCUT2D eigenvalue weighted by Crippen LogP contribution is 2.35. The molecule has 0 atom stereocenters. The van der Waals surface area contributed by atoms with Gasteiger partial charge >= 0.3 is 11.8 Å². The van der Waals surface area contributed by atoms with Crippen LogP contribution in [0.4, 0.5) is 5.69 Å². The molecule has 0 saturated carbocycles. The summed E-state index contributed by atoms with van der Waals surface area (Å²) in [5.41, 5.74) is 3.13. The number of anilines is 1. The lowest BCUT2D eigenvalue weighted by molar-refractivity contribution is -0.136. The van der Waals surface area contributed by atoms with Gasteiger partial charge in [-0.3, -0.25) is 9.59 Å². The van der Waals surface area contributed by atoms with Crippen LogP contribution in [0.5, 0.6) is 17.2 Å². The Balaban J connectivity index is 2.00. The highest BCUT2D eigenvalue weighted by Gasteiger charge is 2.14. The Labute approximate surface area is 167 Å². The molecule has 0 aliphatic heterocycles. The summed E-state index contributed by atoms with van der Waals surface area (Å²) < 4.78 is 15.7. The first-order chi connectivity index (χ1) is 13.5. The van der Waals surface area contributed by atoms with Gasteiger partial charge in [-0.2, -0.15) is 5.10 Å². The second-order valence-corrected chi connectivity index (χ2v) is 5.76. The summed E-state index contributed by atoms with van der Waals surface area (Å²) in [5.74, 6) is -0.392. The number of carbonyl (C=O) groups is 2. The maximum Gasteiger partial charge on any atom is 0.329 e. The molecule has 0 aromatic heterocycles. The van der Waals surface area contributed by atoms with E-state index in [4.69, 9.17) is 25.8 Å². The Morgan fingerprint density at radius 3 is 2.61 bits per heavy atom. The quantitative estimate of drug-likeness (QED) is 0.419. The second kappa shape index (κ2) is 10.2. The van der Waals surface area contributed by atoms with E-state index in [1.165, 1.54) is 20.4 Å². The lowest BCUT2D eigenvalue weighted by Gasteiger charge is -2.11. The largest absolute Gasteiger partial charge is 0.497 e. The predicted octanol–water partition coefficient (Wildman–Crippen LogP) is 2.84. The van der Waals surface area contributed by atoms with Crippen LogP contribution in [-0.2, 0) is 9.59 Å². The molecule has 2 aromatic carbocycles. The van der Waals surface area contributed by atoms with Gasteiger partial charge in [0.25, 0.3) is 0 Å². The summed E-state index contributed by atoms with van der Waals surface area (Å²) >= 11 is 6.17. The molecule has 0 bridgehead atoms. The molecular formula is C19H20ClN3O5. The molecule has 0 aliphatic carbocycles. The normalized spacial score (nSPS) is 10.4. The van der Waals surface area contributed by atoms with E-state index in [0.29, 0.717) is 40.1 Å². The third-order valence-electron chi connectivity index (χ3n) is 3.45. The number of hydrogen-bond donors (Lipinski definition) is 2. The van der Waals surface area contributed by atoms with Gasteiger partial charge in [0.05, 0.1) is 32.1 Å². The van der Waals surface area contributed by atoms with Crippen LogP contribution in [0.3, 0.4) is 0 Å². The van der Waals surface area contributed by atoms with Crippen LogP contribution in [0.15, 0.2) is 41.5 Å². The lowest BCUT2D eigenvalue weighted by Crippen LogP contribution is -2.32. The minimum absolute atomic E-state index is 0.338. The molecule has 0 fully saturated rings. The van der Waals surface area contributed by atoms with Crippen molar-refractivity contribution in [3.63, 3.8) is 0 Å². The predicted molar refractivity (Wildman–Crippen MR) is 107 cm³/mol. The number of halogens is 1. The Hall–Kier alpha value is -3.26. The SMILES string of the molecule is CCOc1c(Cl)cc(/C=N\NC(=O)C(=O)Nc2cccc(OC)c2)cc1OC. The zero-order chi connectivity index (χ0) is 20.5. The molecular weight excluding hydrogens is 386 g/mol. The highest BCUT2D eigenvalue weighted by molar-refractivity contribution is 6.39. The van der Waals surface area contributed by atoms with E-state index in [0.717, 1.165) is 0 Å².